The molecule has 2 fully saturated rings. The molecular formula is C39H42F7N5O7S2. The minimum atomic E-state index is -5.43. The highest BCUT2D eigenvalue weighted by molar-refractivity contribution is 7.16. The van der Waals surface area contributed by atoms with Gasteiger partial charge < -0.3 is 29.4 Å². The van der Waals surface area contributed by atoms with Crippen LogP contribution in [0.5, 0.6) is 5.75 Å². The van der Waals surface area contributed by atoms with Crippen molar-refractivity contribution in [3.63, 3.8) is 0 Å². The van der Waals surface area contributed by atoms with Gasteiger partial charge in [0.05, 0.1) is 28.5 Å². The molecule has 0 aliphatic carbocycles. The maximum absolute atomic E-state index is 16.3. The summed E-state index contributed by atoms with van der Waals surface area (Å²) in [7, 11) is 0. The van der Waals surface area contributed by atoms with E-state index < -0.39 is 69.9 Å². The summed E-state index contributed by atoms with van der Waals surface area (Å²) in [6, 6.07) is 6.76. The highest BCUT2D eigenvalue weighted by Crippen LogP contribution is 2.37. The van der Waals surface area contributed by atoms with E-state index in [0.29, 0.717) is 73.8 Å². The fourth-order valence-electron chi connectivity index (χ4n) is 7.27. The van der Waals surface area contributed by atoms with Gasteiger partial charge in [0, 0.05) is 67.1 Å². The van der Waals surface area contributed by atoms with Crippen LogP contribution in [-0.4, -0.2) is 101 Å². The Hall–Kier alpha value is -4.44. The molecule has 1 spiro atoms. The van der Waals surface area contributed by atoms with E-state index in [4.69, 9.17) is 9.47 Å². The summed E-state index contributed by atoms with van der Waals surface area (Å²) in [5.41, 5.74) is -1.01. The van der Waals surface area contributed by atoms with E-state index in [9.17, 15) is 45.5 Å². The molecule has 6 rings (SSSR count). The molecule has 4 aromatic rings. The average molecular weight is 890 g/mol. The van der Waals surface area contributed by atoms with Crippen LogP contribution in [0.25, 0.3) is 10.2 Å². The van der Waals surface area contributed by atoms with Gasteiger partial charge in [0.15, 0.2) is 5.75 Å². The van der Waals surface area contributed by atoms with Crippen LogP contribution >= 0.6 is 22.7 Å². The Morgan fingerprint density at radius 2 is 1.72 bits per heavy atom. The van der Waals surface area contributed by atoms with Gasteiger partial charge in [-0.05, 0) is 30.5 Å². The molecule has 0 unspecified atom stereocenters. The fraction of sp³-hybridized carbons (Fsp3) is 0.513. The molecule has 4 heterocycles. The van der Waals surface area contributed by atoms with Crippen LogP contribution < -0.4 is 14.9 Å². The van der Waals surface area contributed by atoms with Crippen LogP contribution in [0.2, 0.25) is 0 Å². The second-order valence-corrected chi connectivity index (χ2v) is 17.6. The number of benzene rings is 2. The van der Waals surface area contributed by atoms with Crippen molar-refractivity contribution in [2.45, 2.75) is 82.5 Å². The highest BCUT2D eigenvalue weighted by atomic mass is 32.1. The molecule has 2 saturated heterocycles. The zero-order valence-electron chi connectivity index (χ0n) is 32.9. The number of ether oxygens (including phenoxy) is 3. The number of likely N-dealkylation sites (tertiary alicyclic amines) is 1. The van der Waals surface area contributed by atoms with Crippen LogP contribution in [0.4, 0.5) is 30.7 Å². The molecule has 1 atom stereocenters. The van der Waals surface area contributed by atoms with Crippen molar-refractivity contribution in [3.8, 4) is 5.75 Å². The van der Waals surface area contributed by atoms with Gasteiger partial charge in [-0.1, -0.05) is 57.2 Å². The first-order chi connectivity index (χ1) is 28.1. The first-order valence-corrected chi connectivity index (χ1v) is 20.6. The van der Waals surface area contributed by atoms with Crippen LogP contribution in [0.15, 0.2) is 40.5 Å². The molecular weight excluding hydrogens is 848 g/mol. The standard InChI is InChI=1S/C39H42F7N5O7S2/c1-21(2)31-48-25(18-59-31)32(52)51-14-15-56-37(20-51)10-12-50(13-11-37)17-22-6-5-7-24(28(22)40)36(3,4)19-47-16-27(58-34(54)39(44,45)46)23-8-9-26(57-33(53)38(41,42)43)29-30(23)60-35(55)49-29/h5-9,18,21,27,47H,10-17,19-20H2,1-4H3,(H,49,55)/t27-/m0/s1. The number of halogens is 7. The fourth-order valence-corrected chi connectivity index (χ4v) is 8.98. The number of thiazole rings is 2. The third-order valence-electron chi connectivity index (χ3n) is 10.5. The summed E-state index contributed by atoms with van der Waals surface area (Å²) in [6.07, 6.45) is -11.3. The first-order valence-electron chi connectivity index (χ1n) is 18.9. The topological polar surface area (TPSA) is 143 Å². The predicted molar refractivity (Wildman–Crippen MR) is 207 cm³/mol. The van der Waals surface area contributed by atoms with Crippen molar-refractivity contribution in [1.82, 2.24) is 25.1 Å². The third-order valence-corrected chi connectivity index (χ3v) is 12.5. The number of carbonyl (C=O) groups is 3. The Bertz CT molecular complexity index is 2280. The summed E-state index contributed by atoms with van der Waals surface area (Å²) < 4.78 is 110. The predicted octanol–water partition coefficient (Wildman–Crippen LogP) is 7.00. The van der Waals surface area contributed by atoms with E-state index in [2.05, 4.69) is 24.9 Å². The zero-order chi connectivity index (χ0) is 43.8. The van der Waals surface area contributed by atoms with Gasteiger partial charge in [0.1, 0.15) is 23.1 Å². The molecule has 21 heteroatoms. The zero-order valence-corrected chi connectivity index (χ0v) is 34.5. The van der Waals surface area contributed by atoms with Crippen LogP contribution in [0.1, 0.15) is 84.7 Å². The third kappa shape index (κ3) is 10.2. The van der Waals surface area contributed by atoms with E-state index in [1.807, 2.05) is 13.8 Å². The van der Waals surface area contributed by atoms with Gasteiger partial charge in [-0.3, -0.25) is 14.5 Å². The number of nitrogens with zero attached hydrogens (tertiary/aromatic N) is 3. The minimum absolute atomic E-state index is 0.0558. The number of H-pyrrole nitrogens is 1. The number of aromatic amines is 1. The number of esters is 2. The van der Waals surface area contributed by atoms with Crippen LogP contribution in [-0.2, 0) is 31.0 Å². The SMILES string of the molecule is CC(C)c1nc(C(=O)N2CCOC3(CCN(Cc4cccc(C(C)(C)CNC[C@H](OC(=O)C(F)(F)F)c5ccc(OC(=O)C(F)(F)F)c6[nH]c(=O)sc56)c4F)CC3)C2)cs1. The van der Waals surface area contributed by atoms with E-state index in [1.54, 1.807) is 42.3 Å². The Kier molecular flexibility index (Phi) is 13.2. The number of fused-ring (bicyclic) bond motifs is 1. The average Bonchev–Trinajstić information content (AvgIpc) is 3.83. The second-order valence-electron chi connectivity index (χ2n) is 15.7. The molecule has 60 heavy (non-hydrogen) atoms. The van der Waals surface area contributed by atoms with E-state index >= 15 is 4.39 Å². The highest BCUT2D eigenvalue weighted by Gasteiger charge is 2.45. The summed E-state index contributed by atoms with van der Waals surface area (Å²) >= 11 is 1.85. The van der Waals surface area contributed by atoms with Crippen molar-refractivity contribution in [2.24, 2.45) is 0 Å². The number of morpholine rings is 1. The van der Waals surface area contributed by atoms with Crippen molar-refractivity contribution in [3.05, 3.63) is 78.6 Å². The molecule has 2 aromatic carbocycles. The van der Waals surface area contributed by atoms with Crippen molar-refractivity contribution < 1.29 is 59.3 Å². The molecule has 2 N–H and O–H groups in total. The Balaban J connectivity index is 1.11. The molecule has 2 aliphatic heterocycles. The van der Waals surface area contributed by atoms with Crippen LogP contribution in [0, 0.1) is 5.82 Å². The quantitative estimate of drug-likeness (QED) is 0.0868. The van der Waals surface area contributed by atoms with Crippen molar-refractivity contribution in [2.75, 3.05) is 45.9 Å². The van der Waals surface area contributed by atoms with Crippen molar-refractivity contribution >= 4 is 50.7 Å². The molecule has 2 aromatic heterocycles. The lowest BCUT2D eigenvalue weighted by Crippen LogP contribution is -2.58. The summed E-state index contributed by atoms with van der Waals surface area (Å²) in [5, 5.41) is 5.61. The Morgan fingerprint density at radius 3 is 2.37 bits per heavy atom. The lowest BCUT2D eigenvalue weighted by molar-refractivity contribution is -0.205. The van der Waals surface area contributed by atoms with E-state index in [0.717, 1.165) is 17.1 Å². The lowest BCUT2D eigenvalue weighted by atomic mass is 9.83. The number of aromatic nitrogens is 2. The van der Waals surface area contributed by atoms with Gasteiger partial charge in [-0.25, -0.2) is 19.0 Å². The van der Waals surface area contributed by atoms with Gasteiger partial charge in [0.2, 0.25) is 0 Å². The normalized spacial score (nSPS) is 17.0. The lowest BCUT2D eigenvalue weighted by Gasteiger charge is -2.47. The number of hydrogen-bond donors (Lipinski definition) is 2. The van der Waals surface area contributed by atoms with Gasteiger partial charge in [0.25, 0.3) is 5.91 Å². The van der Waals surface area contributed by atoms with Gasteiger partial charge >= 0.3 is 29.2 Å². The van der Waals surface area contributed by atoms with E-state index in [1.165, 1.54) is 11.3 Å². The monoisotopic (exact) mass is 889 g/mol. The smallest absolute Gasteiger partial charge is 0.449 e. The van der Waals surface area contributed by atoms with E-state index in [-0.39, 0.29) is 35.2 Å². The van der Waals surface area contributed by atoms with Gasteiger partial charge in [-0.15, -0.1) is 11.3 Å². The molecule has 2 aliphatic rings. The second kappa shape index (κ2) is 17.5. The molecule has 0 bridgehead atoms. The molecule has 0 saturated carbocycles. The molecule has 326 valence electrons. The maximum Gasteiger partial charge on any atom is 0.491 e. The summed E-state index contributed by atoms with van der Waals surface area (Å²) in [5.74, 6) is -6.29. The number of piperidine rings is 1. The number of hydrogen-bond acceptors (Lipinski definition) is 12. The summed E-state index contributed by atoms with van der Waals surface area (Å²) in [4.78, 5) is 58.9. The number of carbonyl (C=O) groups excluding carboxylic acids is 3. The number of nitrogens with one attached hydrogen (secondary N) is 2. The first kappa shape index (κ1) is 45.1. The summed E-state index contributed by atoms with van der Waals surface area (Å²) in [6.45, 7) is 9.61. The number of rotatable bonds is 12. The Morgan fingerprint density at radius 1 is 1.02 bits per heavy atom. The molecule has 12 nitrogen and oxygen atoms in total. The Labute approximate surface area is 347 Å². The maximum atomic E-state index is 16.3. The molecule has 0 radical (unpaired) electrons. The molecule has 1 amide bonds. The largest absolute Gasteiger partial charge is 0.491 e. The number of alkyl halides is 6. The van der Waals surface area contributed by atoms with Gasteiger partial charge in [-0.2, -0.15) is 26.3 Å². The number of amides is 1. The van der Waals surface area contributed by atoms with Crippen LogP contribution in [0.3, 0.4) is 0 Å². The van der Waals surface area contributed by atoms with Crippen molar-refractivity contribution in [1.29, 1.82) is 0 Å². The minimum Gasteiger partial charge on any atom is -0.449 e.